The fraction of sp³-hybridized carbons (Fsp3) is 0.407. The minimum Gasteiger partial charge on any atom is -0.367 e. The third kappa shape index (κ3) is 8.09. The van der Waals surface area contributed by atoms with Crippen LogP contribution in [0.15, 0.2) is 71.0 Å². The molecule has 36 heavy (non-hydrogen) atoms. The lowest BCUT2D eigenvalue weighted by Crippen LogP contribution is -2.46. The van der Waals surface area contributed by atoms with E-state index in [2.05, 4.69) is 10.6 Å². The molecule has 2 aromatic rings. The first kappa shape index (κ1) is 27.7. The van der Waals surface area contributed by atoms with Gasteiger partial charge in [0.05, 0.1) is 17.5 Å². The topological polar surface area (TPSA) is 128 Å². The average molecular weight is 514 g/mol. The largest absolute Gasteiger partial charge is 0.367 e. The van der Waals surface area contributed by atoms with E-state index in [1.54, 1.807) is 42.5 Å². The highest BCUT2D eigenvalue weighted by Gasteiger charge is 2.23. The summed E-state index contributed by atoms with van der Waals surface area (Å²) in [5.74, 6) is -0.438. The molecule has 3 rings (SSSR count). The molecule has 1 amide bonds. The predicted octanol–water partition coefficient (Wildman–Crippen LogP) is 2.39. The zero-order valence-electron chi connectivity index (χ0n) is 20.6. The fourth-order valence-corrected chi connectivity index (χ4v) is 4.98. The SMILES string of the molecule is CCCC[C@@H](C=CS(=O)(=O)c1ccccc1)NC(=O)[C@@H](N)Cc1ccc(C(=O)C2CNCCO2)cc1. The number of carbonyl (C=O) groups is 2. The van der Waals surface area contributed by atoms with Crippen molar-refractivity contribution in [1.82, 2.24) is 10.6 Å². The molecule has 0 aromatic heterocycles. The van der Waals surface area contributed by atoms with Gasteiger partial charge in [0.15, 0.2) is 15.6 Å². The van der Waals surface area contributed by atoms with Gasteiger partial charge in [-0.25, -0.2) is 8.42 Å². The molecule has 1 saturated heterocycles. The molecule has 4 N–H and O–H groups in total. The molecule has 0 saturated carbocycles. The van der Waals surface area contributed by atoms with Crippen LogP contribution in [-0.4, -0.2) is 58.0 Å². The van der Waals surface area contributed by atoms with Crippen LogP contribution in [0.1, 0.15) is 42.1 Å². The Morgan fingerprint density at radius 3 is 2.53 bits per heavy atom. The van der Waals surface area contributed by atoms with Crippen LogP contribution >= 0.6 is 0 Å². The number of unbranched alkanes of at least 4 members (excludes halogenated alkanes) is 1. The molecule has 1 aliphatic heterocycles. The molecule has 8 nitrogen and oxygen atoms in total. The van der Waals surface area contributed by atoms with Gasteiger partial charge in [-0.2, -0.15) is 0 Å². The monoisotopic (exact) mass is 513 g/mol. The standard InChI is InChI=1S/C27H35N3O5S/c1-2-3-7-22(14-17-36(33,34)23-8-5-4-6-9-23)30-27(32)24(28)18-20-10-12-21(13-11-20)26(31)25-19-29-15-16-35-25/h4-6,8-14,17,22,24-25,29H,2-3,7,15-16,18-19,28H2,1H3,(H,30,32)/t22-,24-,25?/m0/s1. The number of nitrogens with one attached hydrogen (secondary N) is 2. The van der Waals surface area contributed by atoms with Gasteiger partial charge in [0, 0.05) is 30.1 Å². The van der Waals surface area contributed by atoms with E-state index in [1.165, 1.54) is 18.2 Å². The molecule has 1 unspecified atom stereocenters. The molecule has 2 aromatic carbocycles. The number of morpholine rings is 1. The number of carbonyl (C=O) groups excluding carboxylic acids is 2. The molecular weight excluding hydrogens is 478 g/mol. The number of amides is 1. The van der Waals surface area contributed by atoms with Crippen molar-refractivity contribution in [1.29, 1.82) is 0 Å². The quantitative estimate of drug-likeness (QED) is 0.372. The maximum Gasteiger partial charge on any atom is 0.237 e. The van der Waals surface area contributed by atoms with Gasteiger partial charge < -0.3 is 21.1 Å². The molecule has 1 heterocycles. The number of rotatable bonds is 12. The van der Waals surface area contributed by atoms with Crippen LogP contribution in [0.5, 0.6) is 0 Å². The van der Waals surface area contributed by atoms with Gasteiger partial charge in [-0.05, 0) is 30.5 Å². The number of hydrogen-bond acceptors (Lipinski definition) is 7. The van der Waals surface area contributed by atoms with Gasteiger partial charge in [-0.1, -0.05) is 68.3 Å². The van der Waals surface area contributed by atoms with Crippen molar-refractivity contribution in [2.75, 3.05) is 19.7 Å². The highest BCUT2D eigenvalue weighted by atomic mass is 32.2. The summed E-state index contributed by atoms with van der Waals surface area (Å²) in [5, 5.41) is 7.17. The molecule has 194 valence electrons. The molecular formula is C27H35N3O5S. The van der Waals surface area contributed by atoms with Crippen LogP contribution < -0.4 is 16.4 Å². The summed E-state index contributed by atoms with van der Waals surface area (Å²) in [6, 6.07) is 13.9. The van der Waals surface area contributed by atoms with E-state index >= 15 is 0 Å². The second-order valence-electron chi connectivity index (χ2n) is 8.88. The summed E-state index contributed by atoms with van der Waals surface area (Å²) in [7, 11) is -3.61. The first-order valence-corrected chi connectivity index (χ1v) is 13.8. The number of sulfone groups is 1. The summed E-state index contributed by atoms with van der Waals surface area (Å²) in [5.41, 5.74) is 7.54. The maximum absolute atomic E-state index is 12.8. The van der Waals surface area contributed by atoms with Crippen molar-refractivity contribution in [3.05, 3.63) is 77.2 Å². The Morgan fingerprint density at radius 1 is 1.17 bits per heavy atom. The van der Waals surface area contributed by atoms with Crippen LogP contribution in [0.2, 0.25) is 0 Å². The van der Waals surface area contributed by atoms with Gasteiger partial charge in [0.2, 0.25) is 5.91 Å². The number of hydrogen-bond donors (Lipinski definition) is 3. The third-order valence-electron chi connectivity index (χ3n) is 6.01. The minimum absolute atomic E-state index is 0.0770. The zero-order valence-corrected chi connectivity index (χ0v) is 21.4. The Morgan fingerprint density at radius 2 is 1.89 bits per heavy atom. The Hall–Kier alpha value is -2.85. The van der Waals surface area contributed by atoms with E-state index in [0.717, 1.165) is 30.4 Å². The van der Waals surface area contributed by atoms with Gasteiger partial charge in [0.25, 0.3) is 0 Å². The Bertz CT molecular complexity index is 1130. The Labute approximate surface area is 213 Å². The van der Waals surface area contributed by atoms with Crippen LogP contribution in [0.25, 0.3) is 0 Å². The summed E-state index contributed by atoms with van der Waals surface area (Å²) >= 11 is 0. The van der Waals surface area contributed by atoms with E-state index < -0.39 is 28.0 Å². The lowest BCUT2D eigenvalue weighted by Gasteiger charge is -2.22. The van der Waals surface area contributed by atoms with Gasteiger partial charge in [0.1, 0.15) is 6.10 Å². The van der Waals surface area contributed by atoms with Crippen molar-refractivity contribution in [3.8, 4) is 0 Å². The summed E-state index contributed by atoms with van der Waals surface area (Å²) in [6.45, 7) is 3.76. The van der Waals surface area contributed by atoms with Gasteiger partial charge >= 0.3 is 0 Å². The minimum atomic E-state index is -3.61. The predicted molar refractivity (Wildman–Crippen MR) is 139 cm³/mol. The second kappa shape index (κ2) is 13.5. The molecule has 0 bridgehead atoms. The zero-order chi connectivity index (χ0) is 26.0. The lowest BCUT2D eigenvalue weighted by atomic mass is 10.00. The van der Waals surface area contributed by atoms with Gasteiger partial charge in [-0.3, -0.25) is 9.59 Å². The molecule has 1 aliphatic rings. The van der Waals surface area contributed by atoms with Gasteiger partial charge in [-0.15, -0.1) is 0 Å². The maximum atomic E-state index is 12.8. The number of benzene rings is 2. The highest BCUT2D eigenvalue weighted by molar-refractivity contribution is 7.94. The highest BCUT2D eigenvalue weighted by Crippen LogP contribution is 2.14. The third-order valence-corrected chi connectivity index (χ3v) is 7.45. The number of ether oxygens (including phenoxy) is 1. The Balaban J connectivity index is 1.59. The first-order chi connectivity index (χ1) is 17.3. The number of ketones is 1. The second-order valence-corrected chi connectivity index (χ2v) is 10.7. The van der Waals surface area contributed by atoms with E-state index in [9.17, 15) is 18.0 Å². The molecule has 1 fully saturated rings. The number of nitrogens with two attached hydrogens (primary N) is 1. The Kier molecular flexibility index (Phi) is 10.4. The van der Waals surface area contributed by atoms with Crippen LogP contribution in [-0.2, 0) is 25.8 Å². The van der Waals surface area contributed by atoms with Crippen molar-refractivity contribution in [2.24, 2.45) is 5.73 Å². The van der Waals surface area contributed by atoms with Crippen molar-refractivity contribution < 1.29 is 22.7 Å². The molecule has 0 spiro atoms. The van der Waals surface area contributed by atoms with Crippen LogP contribution in [0.4, 0.5) is 0 Å². The lowest BCUT2D eigenvalue weighted by molar-refractivity contribution is -0.122. The summed E-state index contributed by atoms with van der Waals surface area (Å²) < 4.78 is 30.7. The van der Waals surface area contributed by atoms with Crippen LogP contribution in [0.3, 0.4) is 0 Å². The smallest absolute Gasteiger partial charge is 0.237 e. The summed E-state index contributed by atoms with van der Waals surface area (Å²) in [4.78, 5) is 25.6. The number of Topliss-reactive ketones (excluding diaryl/α,β-unsaturated/α-hetero) is 1. The molecule has 0 aliphatic carbocycles. The molecule has 0 radical (unpaired) electrons. The van der Waals surface area contributed by atoms with Crippen molar-refractivity contribution in [3.63, 3.8) is 0 Å². The fourth-order valence-electron chi connectivity index (χ4n) is 3.89. The first-order valence-electron chi connectivity index (χ1n) is 12.3. The van der Waals surface area contributed by atoms with E-state index in [-0.39, 0.29) is 23.0 Å². The van der Waals surface area contributed by atoms with E-state index in [0.29, 0.717) is 25.1 Å². The normalized spacial score (nSPS) is 18.0. The van der Waals surface area contributed by atoms with E-state index in [1.807, 2.05) is 6.92 Å². The van der Waals surface area contributed by atoms with Crippen molar-refractivity contribution in [2.45, 2.75) is 55.7 Å². The molecule has 9 heteroatoms. The average Bonchev–Trinajstić information content (AvgIpc) is 2.91. The van der Waals surface area contributed by atoms with Crippen LogP contribution in [0, 0.1) is 0 Å². The summed E-state index contributed by atoms with van der Waals surface area (Å²) in [6.07, 6.45) is 3.65. The molecule has 3 atom stereocenters. The van der Waals surface area contributed by atoms with Crippen molar-refractivity contribution >= 4 is 21.5 Å². The van der Waals surface area contributed by atoms with E-state index in [4.69, 9.17) is 10.5 Å².